The minimum atomic E-state index is -2.81. The van der Waals surface area contributed by atoms with Gasteiger partial charge < -0.3 is 24.5 Å². The Hall–Kier alpha value is -3.53. The first kappa shape index (κ1) is 26.7. The van der Waals surface area contributed by atoms with Crippen molar-refractivity contribution in [2.75, 3.05) is 45.2 Å². The Morgan fingerprint density at radius 3 is 2.67 bits per heavy atom. The fraction of sp³-hybridized carbons (Fsp3) is 0.500. The second-order valence-electron chi connectivity index (χ2n) is 12.0. The molecule has 3 aliphatic rings. The first-order valence-electron chi connectivity index (χ1n) is 13.8. The number of rotatable bonds is 7. The number of fused-ring (bicyclic) bond motifs is 2. The van der Waals surface area contributed by atoms with Gasteiger partial charge in [-0.3, -0.25) is 4.79 Å². The molecule has 1 saturated heterocycles. The first-order chi connectivity index (χ1) is 19.0. The molecule has 8 nitrogen and oxygen atoms in total. The number of nitrogens with zero attached hydrogens (tertiary/aromatic N) is 5. The summed E-state index contributed by atoms with van der Waals surface area (Å²) < 4.78 is 35.0. The molecule has 0 unspecified atom stereocenters. The highest BCUT2D eigenvalue weighted by molar-refractivity contribution is 6.09. The van der Waals surface area contributed by atoms with Gasteiger partial charge in [-0.1, -0.05) is 18.2 Å². The predicted molar refractivity (Wildman–Crippen MR) is 148 cm³/mol. The Kier molecular flexibility index (Phi) is 6.56. The van der Waals surface area contributed by atoms with E-state index >= 15 is 0 Å². The van der Waals surface area contributed by atoms with Gasteiger partial charge in [-0.05, 0) is 68.8 Å². The average Bonchev–Trinajstić information content (AvgIpc) is 3.50. The lowest BCUT2D eigenvalue weighted by atomic mass is 9.98. The highest BCUT2D eigenvalue weighted by atomic mass is 19.3. The number of aryl methyl sites for hydroxylation is 1. The molecule has 1 saturated carbocycles. The summed E-state index contributed by atoms with van der Waals surface area (Å²) in [6.07, 6.45) is 2.31. The Balaban J connectivity index is 1.33. The smallest absolute Gasteiger partial charge is 0.318 e. The van der Waals surface area contributed by atoms with E-state index in [1.807, 2.05) is 39.2 Å². The number of aromatic hydroxyl groups is 1. The van der Waals surface area contributed by atoms with Gasteiger partial charge in [0.05, 0.1) is 37.5 Å². The lowest BCUT2D eigenvalue weighted by molar-refractivity contribution is -0.0119. The topological polar surface area (TPSA) is 82.0 Å². The number of amides is 1. The molecule has 0 atom stereocenters. The molecule has 3 aromatic rings. The Bertz CT molecular complexity index is 1470. The van der Waals surface area contributed by atoms with E-state index in [1.54, 1.807) is 15.9 Å². The van der Waals surface area contributed by atoms with Gasteiger partial charge in [-0.15, -0.1) is 0 Å². The fourth-order valence-electron chi connectivity index (χ4n) is 6.18. The molecule has 2 aliphatic heterocycles. The maximum Gasteiger partial charge on any atom is 0.318 e. The van der Waals surface area contributed by atoms with Crippen LogP contribution in [0.4, 0.5) is 14.6 Å². The summed E-state index contributed by atoms with van der Waals surface area (Å²) in [6, 6.07) is 8.99. The highest BCUT2D eigenvalue weighted by Gasteiger charge is 2.44. The molecule has 1 aliphatic carbocycles. The number of halogens is 2. The molecule has 0 radical (unpaired) electrons. The monoisotopic (exact) mass is 551 g/mol. The molecule has 2 fully saturated rings. The number of carbonyl (C=O) groups excluding carboxylic acids is 1. The van der Waals surface area contributed by atoms with E-state index < -0.39 is 12.5 Å². The van der Waals surface area contributed by atoms with Crippen molar-refractivity contribution in [3.05, 3.63) is 52.7 Å². The van der Waals surface area contributed by atoms with Crippen molar-refractivity contribution < 1.29 is 23.4 Å². The second-order valence-corrected chi connectivity index (χ2v) is 12.0. The molecular weight excluding hydrogens is 516 g/mol. The number of hydrogen-bond donors (Lipinski definition) is 1. The zero-order chi connectivity index (χ0) is 28.2. The van der Waals surface area contributed by atoms with E-state index in [2.05, 4.69) is 14.9 Å². The van der Waals surface area contributed by atoms with Crippen LogP contribution in [-0.4, -0.2) is 77.0 Å². The predicted octanol–water partition coefficient (Wildman–Crippen LogP) is 4.76. The third-order valence-electron chi connectivity index (χ3n) is 8.24. The van der Waals surface area contributed by atoms with E-state index in [-0.39, 0.29) is 42.6 Å². The Labute approximate surface area is 232 Å². The maximum atomic E-state index is 14.5. The van der Waals surface area contributed by atoms with Crippen LogP contribution in [0.1, 0.15) is 52.9 Å². The molecule has 3 heterocycles. The number of anilines is 1. The van der Waals surface area contributed by atoms with Gasteiger partial charge in [-0.25, -0.2) is 8.78 Å². The van der Waals surface area contributed by atoms with Crippen LogP contribution < -0.4 is 9.64 Å². The van der Waals surface area contributed by atoms with Crippen molar-refractivity contribution in [2.24, 2.45) is 5.41 Å². The largest absolute Gasteiger partial charge is 0.508 e. The van der Waals surface area contributed by atoms with Crippen molar-refractivity contribution in [3.8, 4) is 11.8 Å². The van der Waals surface area contributed by atoms with E-state index in [4.69, 9.17) is 4.74 Å². The molecule has 1 amide bonds. The van der Waals surface area contributed by atoms with Crippen molar-refractivity contribution in [3.63, 3.8) is 0 Å². The molecule has 1 N–H and O–H groups in total. The number of aromatic nitrogens is 2. The number of carbonyl (C=O) groups is 1. The van der Waals surface area contributed by atoms with Crippen LogP contribution in [0, 0.1) is 12.3 Å². The van der Waals surface area contributed by atoms with E-state index in [9.17, 15) is 18.7 Å². The average molecular weight is 552 g/mol. The van der Waals surface area contributed by atoms with Gasteiger partial charge in [0.25, 0.3) is 11.8 Å². The van der Waals surface area contributed by atoms with Crippen molar-refractivity contribution >= 4 is 22.5 Å². The molecule has 40 heavy (non-hydrogen) atoms. The normalized spacial score (nSPS) is 19.2. The van der Waals surface area contributed by atoms with Crippen LogP contribution in [0.2, 0.25) is 0 Å². The number of benzene rings is 2. The number of alkyl halides is 2. The van der Waals surface area contributed by atoms with Crippen molar-refractivity contribution in [1.29, 1.82) is 0 Å². The molecule has 2 aromatic carbocycles. The first-order valence-corrected chi connectivity index (χ1v) is 13.8. The van der Waals surface area contributed by atoms with Gasteiger partial charge in [0.15, 0.2) is 0 Å². The zero-order valence-electron chi connectivity index (χ0n) is 23.2. The van der Waals surface area contributed by atoms with E-state index in [0.717, 1.165) is 35.7 Å². The van der Waals surface area contributed by atoms with Crippen LogP contribution in [0.5, 0.6) is 11.8 Å². The minimum absolute atomic E-state index is 0.0107. The Morgan fingerprint density at radius 2 is 1.95 bits per heavy atom. The van der Waals surface area contributed by atoms with Gasteiger partial charge >= 0.3 is 6.01 Å². The van der Waals surface area contributed by atoms with Crippen molar-refractivity contribution in [2.45, 2.75) is 51.6 Å². The molecule has 0 spiro atoms. The minimum Gasteiger partial charge on any atom is -0.508 e. The molecular formula is C30H35F2N5O3. The molecule has 6 rings (SSSR count). The summed E-state index contributed by atoms with van der Waals surface area (Å²) in [5, 5.41) is 11.9. The summed E-state index contributed by atoms with van der Waals surface area (Å²) in [4.78, 5) is 28.6. The summed E-state index contributed by atoms with van der Waals surface area (Å²) in [5.41, 5.74) is 2.67. The van der Waals surface area contributed by atoms with Gasteiger partial charge in [0.2, 0.25) is 0 Å². The Morgan fingerprint density at radius 1 is 1.15 bits per heavy atom. The van der Waals surface area contributed by atoms with E-state index in [1.165, 1.54) is 6.07 Å². The maximum absolute atomic E-state index is 14.5. The molecule has 1 aromatic heterocycles. The number of piperidine rings is 1. The molecule has 10 heteroatoms. The van der Waals surface area contributed by atoms with E-state index in [0.29, 0.717) is 42.2 Å². The van der Waals surface area contributed by atoms with Crippen LogP contribution in [-0.2, 0) is 13.1 Å². The summed E-state index contributed by atoms with van der Waals surface area (Å²) >= 11 is 0. The van der Waals surface area contributed by atoms with Crippen molar-refractivity contribution in [1.82, 2.24) is 19.8 Å². The number of phenolic OH excluding ortho intramolecular Hbond substituents is 1. The summed E-state index contributed by atoms with van der Waals surface area (Å²) in [5.74, 6) is -2.64. The van der Waals surface area contributed by atoms with Crippen LogP contribution in [0.25, 0.3) is 10.8 Å². The molecule has 212 valence electrons. The number of hydrogen-bond acceptors (Lipinski definition) is 7. The number of ether oxygens (including phenoxy) is 1. The zero-order valence-corrected chi connectivity index (χ0v) is 23.2. The van der Waals surface area contributed by atoms with Gasteiger partial charge in [0, 0.05) is 30.5 Å². The highest BCUT2D eigenvalue weighted by Crippen LogP contribution is 2.46. The SMILES string of the molecule is Cc1cccc2cc(O)cc(C(=O)N3Cc4nc(OCC5(CN(C)C)CC5)nc(N5CCCC(F)(F)C5)c4C3)c12. The molecule has 0 bridgehead atoms. The summed E-state index contributed by atoms with van der Waals surface area (Å²) in [7, 11) is 4.06. The number of phenols is 1. The summed E-state index contributed by atoms with van der Waals surface area (Å²) in [6.45, 7) is 3.70. The van der Waals surface area contributed by atoms with Crippen LogP contribution >= 0.6 is 0 Å². The third-order valence-corrected chi connectivity index (χ3v) is 8.24. The second kappa shape index (κ2) is 9.83. The lowest BCUT2D eigenvalue weighted by Gasteiger charge is -2.34. The quantitative estimate of drug-likeness (QED) is 0.454. The lowest BCUT2D eigenvalue weighted by Crippen LogP contribution is -2.43. The van der Waals surface area contributed by atoms with Gasteiger partial charge in [0.1, 0.15) is 11.6 Å². The van der Waals surface area contributed by atoms with Gasteiger partial charge in [-0.2, -0.15) is 9.97 Å². The third kappa shape index (κ3) is 5.16. The van der Waals surface area contributed by atoms with Crippen LogP contribution in [0.3, 0.4) is 0 Å². The standard InChI is InChI=1S/C30H35F2N5O3/c1-19-6-4-7-20-12-21(38)13-22(25(19)20)27(39)37-14-23-24(15-37)33-28(40-18-29(9-10-29)16-35(2)3)34-26(23)36-11-5-8-30(31,32)17-36/h4,6-7,12-13,38H,5,8-11,14-18H2,1-3H3. The van der Waals surface area contributed by atoms with Crippen LogP contribution in [0.15, 0.2) is 30.3 Å². The fourth-order valence-corrected chi connectivity index (χ4v) is 6.18.